The van der Waals surface area contributed by atoms with E-state index in [4.69, 9.17) is 9.47 Å². The molecule has 0 N–H and O–H groups in total. The Labute approximate surface area is 120 Å². The molecule has 2 aliphatic heterocycles. The zero-order chi connectivity index (χ0) is 14.5. The predicted octanol–water partition coefficient (Wildman–Crippen LogP) is 1.60. The lowest BCUT2D eigenvalue weighted by Crippen LogP contribution is -2.46. The standard InChI is InChI=1S/C15H25NO4/c1-3-13-12(7-9-20-13)14(17)16-8-5-6-11(10-16)15(18)19-4-2/h11-13H,3-10H2,1-2H3. The molecule has 5 nitrogen and oxygen atoms in total. The smallest absolute Gasteiger partial charge is 0.310 e. The van der Waals surface area contributed by atoms with Crippen LogP contribution in [0.4, 0.5) is 0 Å². The van der Waals surface area contributed by atoms with Gasteiger partial charge in [-0.25, -0.2) is 0 Å². The van der Waals surface area contributed by atoms with Crippen LogP contribution in [0.1, 0.15) is 39.5 Å². The summed E-state index contributed by atoms with van der Waals surface area (Å²) in [6.07, 6.45) is 3.41. The van der Waals surface area contributed by atoms with Crippen LogP contribution >= 0.6 is 0 Å². The van der Waals surface area contributed by atoms with E-state index in [1.807, 2.05) is 18.7 Å². The van der Waals surface area contributed by atoms with Crippen LogP contribution in [0.25, 0.3) is 0 Å². The number of likely N-dealkylation sites (tertiary alicyclic amines) is 1. The van der Waals surface area contributed by atoms with Crippen LogP contribution in [0.2, 0.25) is 0 Å². The van der Waals surface area contributed by atoms with Gasteiger partial charge in [0.1, 0.15) is 0 Å². The molecule has 2 saturated heterocycles. The van der Waals surface area contributed by atoms with Crippen LogP contribution in [0, 0.1) is 11.8 Å². The summed E-state index contributed by atoms with van der Waals surface area (Å²) in [4.78, 5) is 26.3. The zero-order valence-corrected chi connectivity index (χ0v) is 12.5. The zero-order valence-electron chi connectivity index (χ0n) is 12.5. The van der Waals surface area contributed by atoms with Crippen molar-refractivity contribution in [2.75, 3.05) is 26.3 Å². The van der Waals surface area contributed by atoms with Gasteiger partial charge in [0.2, 0.25) is 5.91 Å². The number of carbonyl (C=O) groups excluding carboxylic acids is 2. The Kier molecular flexibility index (Phi) is 5.40. The van der Waals surface area contributed by atoms with Gasteiger partial charge in [-0.05, 0) is 32.6 Å². The molecule has 0 saturated carbocycles. The summed E-state index contributed by atoms with van der Waals surface area (Å²) in [5, 5.41) is 0. The monoisotopic (exact) mass is 283 g/mol. The van der Waals surface area contributed by atoms with Crippen LogP contribution < -0.4 is 0 Å². The molecule has 0 aromatic heterocycles. The second-order valence-electron chi connectivity index (χ2n) is 5.59. The van der Waals surface area contributed by atoms with Crippen molar-refractivity contribution in [2.24, 2.45) is 11.8 Å². The highest BCUT2D eigenvalue weighted by Crippen LogP contribution is 2.28. The minimum atomic E-state index is -0.167. The molecule has 2 fully saturated rings. The number of rotatable bonds is 4. The summed E-state index contributed by atoms with van der Waals surface area (Å²) >= 11 is 0. The van der Waals surface area contributed by atoms with Crippen LogP contribution in [0.15, 0.2) is 0 Å². The molecule has 0 spiro atoms. The summed E-state index contributed by atoms with van der Waals surface area (Å²) in [6.45, 7) is 6.19. The number of amides is 1. The number of nitrogens with zero attached hydrogens (tertiary/aromatic N) is 1. The molecule has 2 heterocycles. The fraction of sp³-hybridized carbons (Fsp3) is 0.867. The first-order valence-electron chi connectivity index (χ1n) is 7.74. The summed E-state index contributed by atoms with van der Waals surface area (Å²) in [6, 6.07) is 0. The first-order chi connectivity index (χ1) is 9.67. The van der Waals surface area contributed by atoms with Gasteiger partial charge in [0, 0.05) is 19.7 Å². The van der Waals surface area contributed by atoms with E-state index >= 15 is 0 Å². The topological polar surface area (TPSA) is 55.8 Å². The van der Waals surface area contributed by atoms with Gasteiger partial charge in [0.15, 0.2) is 0 Å². The molecule has 0 aromatic carbocycles. The molecule has 3 unspecified atom stereocenters. The van der Waals surface area contributed by atoms with E-state index in [0.717, 1.165) is 32.2 Å². The van der Waals surface area contributed by atoms with Gasteiger partial charge in [0.25, 0.3) is 0 Å². The molecule has 0 aliphatic carbocycles. The summed E-state index contributed by atoms with van der Waals surface area (Å²) in [7, 11) is 0. The second kappa shape index (κ2) is 7.07. The highest BCUT2D eigenvalue weighted by atomic mass is 16.5. The first-order valence-corrected chi connectivity index (χ1v) is 7.74. The minimum absolute atomic E-state index is 0.0269. The van der Waals surface area contributed by atoms with E-state index in [1.54, 1.807) is 0 Å². The lowest BCUT2D eigenvalue weighted by molar-refractivity contribution is -0.152. The summed E-state index contributed by atoms with van der Waals surface area (Å²) in [5.74, 6) is -0.195. The van der Waals surface area contributed by atoms with Crippen molar-refractivity contribution in [3.63, 3.8) is 0 Å². The van der Waals surface area contributed by atoms with Crippen molar-refractivity contribution in [2.45, 2.75) is 45.6 Å². The third kappa shape index (κ3) is 3.32. The molecule has 1 amide bonds. The molecule has 5 heteroatoms. The number of esters is 1. The van der Waals surface area contributed by atoms with Gasteiger partial charge < -0.3 is 14.4 Å². The van der Waals surface area contributed by atoms with E-state index in [1.165, 1.54) is 0 Å². The first kappa shape index (κ1) is 15.3. The Morgan fingerprint density at radius 3 is 2.80 bits per heavy atom. The number of ether oxygens (including phenoxy) is 2. The summed E-state index contributed by atoms with van der Waals surface area (Å²) < 4.78 is 10.7. The number of hydrogen-bond acceptors (Lipinski definition) is 4. The van der Waals surface area contributed by atoms with Gasteiger partial charge in [-0.15, -0.1) is 0 Å². The number of carbonyl (C=O) groups is 2. The van der Waals surface area contributed by atoms with Crippen molar-refractivity contribution < 1.29 is 19.1 Å². The summed E-state index contributed by atoms with van der Waals surface area (Å²) in [5.41, 5.74) is 0. The second-order valence-corrected chi connectivity index (χ2v) is 5.59. The van der Waals surface area contributed by atoms with Crippen LogP contribution in [0.3, 0.4) is 0 Å². The SMILES string of the molecule is CCOC(=O)C1CCCN(C(=O)C2CCOC2CC)C1. The molecule has 2 rings (SSSR count). The van der Waals surface area contributed by atoms with Crippen LogP contribution in [0.5, 0.6) is 0 Å². The van der Waals surface area contributed by atoms with Crippen molar-refractivity contribution in [3.8, 4) is 0 Å². The Bertz CT molecular complexity index is 358. The largest absolute Gasteiger partial charge is 0.466 e. The third-order valence-electron chi connectivity index (χ3n) is 4.28. The van der Waals surface area contributed by atoms with Gasteiger partial charge in [-0.1, -0.05) is 6.92 Å². The van der Waals surface area contributed by atoms with Gasteiger partial charge in [0.05, 0.1) is 24.5 Å². The van der Waals surface area contributed by atoms with Crippen molar-refractivity contribution >= 4 is 11.9 Å². The van der Waals surface area contributed by atoms with Gasteiger partial charge in [-0.2, -0.15) is 0 Å². The van der Waals surface area contributed by atoms with Gasteiger partial charge >= 0.3 is 5.97 Å². The average Bonchev–Trinajstić information content (AvgIpc) is 2.95. The van der Waals surface area contributed by atoms with E-state index < -0.39 is 0 Å². The Balaban J connectivity index is 1.94. The maximum absolute atomic E-state index is 12.6. The molecule has 0 bridgehead atoms. The maximum atomic E-state index is 12.6. The Hall–Kier alpha value is -1.10. The average molecular weight is 283 g/mol. The quantitative estimate of drug-likeness (QED) is 0.735. The lowest BCUT2D eigenvalue weighted by Gasteiger charge is -2.34. The van der Waals surface area contributed by atoms with E-state index in [-0.39, 0.29) is 29.8 Å². The third-order valence-corrected chi connectivity index (χ3v) is 4.28. The maximum Gasteiger partial charge on any atom is 0.310 e. The van der Waals surface area contributed by atoms with E-state index in [9.17, 15) is 9.59 Å². The highest BCUT2D eigenvalue weighted by molar-refractivity contribution is 5.81. The Morgan fingerprint density at radius 1 is 1.30 bits per heavy atom. The number of piperidine rings is 1. The molecule has 0 aromatic rings. The molecule has 2 aliphatic rings. The predicted molar refractivity (Wildman–Crippen MR) is 74.1 cm³/mol. The molecule has 20 heavy (non-hydrogen) atoms. The Morgan fingerprint density at radius 2 is 2.10 bits per heavy atom. The van der Waals surface area contributed by atoms with Crippen molar-refractivity contribution in [1.29, 1.82) is 0 Å². The molecule has 114 valence electrons. The van der Waals surface area contributed by atoms with Gasteiger partial charge in [-0.3, -0.25) is 9.59 Å². The van der Waals surface area contributed by atoms with E-state index in [2.05, 4.69) is 0 Å². The normalized spacial score (nSPS) is 30.3. The molecule has 3 atom stereocenters. The lowest BCUT2D eigenvalue weighted by atomic mass is 9.93. The molecule has 0 radical (unpaired) electrons. The molecular weight excluding hydrogens is 258 g/mol. The van der Waals surface area contributed by atoms with Crippen molar-refractivity contribution in [3.05, 3.63) is 0 Å². The van der Waals surface area contributed by atoms with Crippen molar-refractivity contribution in [1.82, 2.24) is 4.90 Å². The van der Waals surface area contributed by atoms with Crippen LogP contribution in [-0.2, 0) is 19.1 Å². The highest BCUT2D eigenvalue weighted by Gasteiger charge is 2.38. The minimum Gasteiger partial charge on any atom is -0.466 e. The fourth-order valence-electron chi connectivity index (χ4n) is 3.20. The fourth-order valence-corrected chi connectivity index (χ4v) is 3.20. The number of hydrogen-bond donors (Lipinski definition) is 0. The van der Waals surface area contributed by atoms with E-state index in [0.29, 0.717) is 19.8 Å². The molecular formula is C15H25NO4. The van der Waals surface area contributed by atoms with Crippen LogP contribution in [-0.4, -0.2) is 49.2 Å².